The SMILES string of the molecule is CC(C)(C)NCC1CCCCCC1c1ccccc1F. The van der Waals surface area contributed by atoms with Gasteiger partial charge in [0, 0.05) is 5.54 Å². The van der Waals surface area contributed by atoms with Crippen molar-refractivity contribution in [3.05, 3.63) is 35.6 Å². The minimum atomic E-state index is -0.0276. The molecular weight excluding hydrogens is 249 g/mol. The van der Waals surface area contributed by atoms with Gasteiger partial charge in [-0.25, -0.2) is 4.39 Å². The standard InChI is InChI=1S/C18H28FN/c1-18(2,3)20-13-14-9-5-4-6-10-15(14)16-11-7-8-12-17(16)19/h7-8,11-12,14-15,20H,4-6,9-10,13H2,1-3H3. The Morgan fingerprint density at radius 2 is 1.80 bits per heavy atom. The molecule has 0 aliphatic heterocycles. The molecule has 20 heavy (non-hydrogen) atoms. The van der Waals surface area contributed by atoms with Crippen LogP contribution in [0.4, 0.5) is 4.39 Å². The van der Waals surface area contributed by atoms with E-state index in [1.54, 1.807) is 12.1 Å². The smallest absolute Gasteiger partial charge is 0.126 e. The third kappa shape index (κ3) is 4.31. The van der Waals surface area contributed by atoms with Crippen molar-refractivity contribution < 1.29 is 4.39 Å². The third-order valence-electron chi connectivity index (χ3n) is 4.36. The first-order valence-electron chi connectivity index (χ1n) is 7.97. The molecule has 2 atom stereocenters. The molecule has 2 unspecified atom stereocenters. The number of hydrogen-bond donors (Lipinski definition) is 1. The van der Waals surface area contributed by atoms with Gasteiger partial charge in [0.2, 0.25) is 0 Å². The molecule has 1 aromatic carbocycles. The summed E-state index contributed by atoms with van der Waals surface area (Å²) in [4.78, 5) is 0. The highest BCUT2D eigenvalue weighted by atomic mass is 19.1. The van der Waals surface area contributed by atoms with E-state index in [0.29, 0.717) is 11.8 Å². The lowest BCUT2D eigenvalue weighted by Crippen LogP contribution is -2.40. The van der Waals surface area contributed by atoms with Crippen molar-refractivity contribution in [3.63, 3.8) is 0 Å². The Bertz CT molecular complexity index is 422. The molecule has 0 bridgehead atoms. The zero-order valence-electron chi connectivity index (χ0n) is 13.1. The Kier molecular flexibility index (Phi) is 5.20. The Balaban J connectivity index is 2.15. The van der Waals surface area contributed by atoms with Gasteiger partial charge in [0.25, 0.3) is 0 Å². The normalized spacial score (nSPS) is 24.4. The van der Waals surface area contributed by atoms with E-state index in [-0.39, 0.29) is 11.4 Å². The molecule has 112 valence electrons. The lowest BCUT2D eigenvalue weighted by Gasteiger charge is -2.30. The third-order valence-corrected chi connectivity index (χ3v) is 4.36. The van der Waals surface area contributed by atoms with E-state index < -0.39 is 0 Å². The summed E-state index contributed by atoms with van der Waals surface area (Å²) in [5, 5.41) is 3.62. The van der Waals surface area contributed by atoms with Gasteiger partial charge in [0.1, 0.15) is 5.82 Å². The van der Waals surface area contributed by atoms with Crippen LogP contribution >= 0.6 is 0 Å². The lowest BCUT2D eigenvalue weighted by atomic mass is 9.81. The summed E-state index contributed by atoms with van der Waals surface area (Å²) in [7, 11) is 0. The Morgan fingerprint density at radius 1 is 1.10 bits per heavy atom. The molecule has 1 aliphatic rings. The van der Waals surface area contributed by atoms with Crippen molar-refractivity contribution in [3.8, 4) is 0 Å². The average Bonchev–Trinajstić information content (AvgIpc) is 2.61. The number of benzene rings is 1. The van der Waals surface area contributed by atoms with Gasteiger partial charge in [-0.2, -0.15) is 0 Å². The van der Waals surface area contributed by atoms with Gasteiger partial charge in [-0.15, -0.1) is 0 Å². The van der Waals surface area contributed by atoms with Crippen LogP contribution in [0.2, 0.25) is 0 Å². The highest BCUT2D eigenvalue weighted by Crippen LogP contribution is 2.37. The van der Waals surface area contributed by atoms with Crippen LogP contribution in [-0.4, -0.2) is 12.1 Å². The van der Waals surface area contributed by atoms with Crippen molar-refractivity contribution in [2.24, 2.45) is 5.92 Å². The van der Waals surface area contributed by atoms with Crippen LogP contribution < -0.4 is 5.32 Å². The molecule has 1 aliphatic carbocycles. The van der Waals surface area contributed by atoms with Crippen molar-refractivity contribution in [2.45, 2.75) is 64.3 Å². The zero-order valence-corrected chi connectivity index (χ0v) is 13.1. The molecule has 2 rings (SSSR count). The summed E-state index contributed by atoms with van der Waals surface area (Å²) in [5.74, 6) is 0.891. The van der Waals surface area contributed by atoms with Gasteiger partial charge < -0.3 is 5.32 Å². The summed E-state index contributed by atoms with van der Waals surface area (Å²) in [5.41, 5.74) is 1.06. The molecule has 1 nitrogen and oxygen atoms in total. The Morgan fingerprint density at radius 3 is 2.50 bits per heavy atom. The Hall–Kier alpha value is -0.890. The summed E-state index contributed by atoms with van der Waals surface area (Å²) in [6.45, 7) is 7.58. The largest absolute Gasteiger partial charge is 0.312 e. The second kappa shape index (κ2) is 6.71. The van der Waals surface area contributed by atoms with Gasteiger partial charge >= 0.3 is 0 Å². The molecule has 1 saturated carbocycles. The predicted molar refractivity (Wildman–Crippen MR) is 83.5 cm³/mol. The molecule has 1 N–H and O–H groups in total. The molecule has 0 aromatic heterocycles. The molecule has 0 spiro atoms. The van der Waals surface area contributed by atoms with Crippen molar-refractivity contribution >= 4 is 0 Å². The molecule has 2 heteroatoms. The second-order valence-electron chi connectivity index (χ2n) is 7.16. The van der Waals surface area contributed by atoms with E-state index in [2.05, 4.69) is 26.1 Å². The van der Waals surface area contributed by atoms with Gasteiger partial charge in [0.05, 0.1) is 0 Å². The summed E-state index contributed by atoms with van der Waals surface area (Å²) < 4.78 is 14.1. The monoisotopic (exact) mass is 277 g/mol. The molecule has 0 radical (unpaired) electrons. The maximum absolute atomic E-state index is 14.1. The molecule has 0 heterocycles. The zero-order chi connectivity index (χ0) is 14.6. The van der Waals surface area contributed by atoms with Crippen LogP contribution in [0, 0.1) is 11.7 Å². The topological polar surface area (TPSA) is 12.0 Å². The van der Waals surface area contributed by atoms with E-state index in [9.17, 15) is 4.39 Å². The fourth-order valence-electron chi connectivity index (χ4n) is 3.25. The Labute approximate surface area is 123 Å². The molecule has 1 fully saturated rings. The van der Waals surface area contributed by atoms with Gasteiger partial charge in [-0.3, -0.25) is 0 Å². The van der Waals surface area contributed by atoms with Crippen LogP contribution in [0.25, 0.3) is 0 Å². The van der Waals surface area contributed by atoms with E-state index in [0.717, 1.165) is 18.5 Å². The molecule has 0 amide bonds. The van der Waals surface area contributed by atoms with E-state index >= 15 is 0 Å². The van der Waals surface area contributed by atoms with Crippen molar-refractivity contribution in [1.29, 1.82) is 0 Å². The van der Waals surface area contributed by atoms with Crippen LogP contribution in [0.5, 0.6) is 0 Å². The number of hydrogen-bond acceptors (Lipinski definition) is 1. The number of nitrogens with one attached hydrogen (secondary N) is 1. The summed E-state index contributed by atoms with van der Waals surface area (Å²) in [6.07, 6.45) is 6.13. The van der Waals surface area contributed by atoms with E-state index in [1.807, 2.05) is 12.1 Å². The maximum atomic E-state index is 14.1. The summed E-state index contributed by atoms with van der Waals surface area (Å²) in [6, 6.07) is 7.35. The van der Waals surface area contributed by atoms with Crippen LogP contribution in [-0.2, 0) is 0 Å². The van der Waals surface area contributed by atoms with Crippen LogP contribution in [0.15, 0.2) is 24.3 Å². The van der Waals surface area contributed by atoms with Crippen LogP contribution in [0.3, 0.4) is 0 Å². The van der Waals surface area contributed by atoms with Gasteiger partial charge in [-0.1, -0.05) is 37.5 Å². The molecule has 1 aromatic rings. The molecular formula is C18H28FN. The first-order chi connectivity index (χ1) is 9.47. The number of rotatable bonds is 3. The lowest BCUT2D eigenvalue weighted by molar-refractivity contribution is 0.318. The first kappa shape index (κ1) is 15.5. The van der Waals surface area contributed by atoms with Crippen LogP contribution in [0.1, 0.15) is 64.4 Å². The van der Waals surface area contributed by atoms with Gasteiger partial charge in [-0.05, 0) is 63.6 Å². The highest BCUT2D eigenvalue weighted by molar-refractivity contribution is 5.23. The second-order valence-corrected chi connectivity index (χ2v) is 7.16. The quantitative estimate of drug-likeness (QED) is 0.777. The van der Waals surface area contributed by atoms with Gasteiger partial charge in [0.15, 0.2) is 0 Å². The van der Waals surface area contributed by atoms with Crippen molar-refractivity contribution in [1.82, 2.24) is 5.32 Å². The minimum Gasteiger partial charge on any atom is -0.312 e. The first-order valence-corrected chi connectivity index (χ1v) is 7.97. The highest BCUT2D eigenvalue weighted by Gasteiger charge is 2.27. The van der Waals surface area contributed by atoms with E-state index in [1.165, 1.54) is 25.7 Å². The van der Waals surface area contributed by atoms with E-state index in [4.69, 9.17) is 0 Å². The minimum absolute atomic E-state index is 0.0276. The molecule has 0 saturated heterocycles. The summed E-state index contributed by atoms with van der Waals surface area (Å²) >= 11 is 0. The van der Waals surface area contributed by atoms with Crippen molar-refractivity contribution in [2.75, 3.05) is 6.54 Å². The fraction of sp³-hybridized carbons (Fsp3) is 0.667. The maximum Gasteiger partial charge on any atom is 0.126 e. The fourth-order valence-corrected chi connectivity index (χ4v) is 3.25. The number of halogens is 1. The predicted octanol–water partition coefficient (Wildman–Crippen LogP) is 4.88. The average molecular weight is 277 g/mol.